The zero-order valence-corrected chi connectivity index (χ0v) is 11.4. The topological polar surface area (TPSA) is 87.4 Å². The Hall–Kier alpha value is -2.41. The van der Waals surface area contributed by atoms with Crippen LogP contribution in [-0.2, 0) is 0 Å². The number of halogens is 1. The number of hydrogen-bond acceptors (Lipinski definition) is 6. The van der Waals surface area contributed by atoms with E-state index in [0.29, 0.717) is 11.4 Å². The molecule has 20 heavy (non-hydrogen) atoms. The number of nitrogens with zero attached hydrogens (tertiary/aromatic N) is 3. The van der Waals surface area contributed by atoms with E-state index in [0.717, 1.165) is 0 Å². The zero-order chi connectivity index (χ0) is 14.7. The standard InChI is InChI=1S/C12H10ClN3O4/c1-7-5-11(15-12(13)14-7)20-10-6-8(16(17)18)3-4-9(10)19-2/h3-6H,1-2H3. The number of aryl methyl sites for hydroxylation is 1. The summed E-state index contributed by atoms with van der Waals surface area (Å²) in [5.74, 6) is 0.708. The highest BCUT2D eigenvalue weighted by Gasteiger charge is 2.14. The molecule has 2 rings (SSSR count). The van der Waals surface area contributed by atoms with Gasteiger partial charge >= 0.3 is 0 Å². The molecule has 8 heteroatoms. The summed E-state index contributed by atoms with van der Waals surface area (Å²) < 4.78 is 10.6. The molecule has 104 valence electrons. The lowest BCUT2D eigenvalue weighted by Gasteiger charge is -2.09. The van der Waals surface area contributed by atoms with Crippen LogP contribution in [0.3, 0.4) is 0 Å². The average Bonchev–Trinajstić information content (AvgIpc) is 2.37. The van der Waals surface area contributed by atoms with E-state index in [1.54, 1.807) is 13.0 Å². The third-order valence-electron chi connectivity index (χ3n) is 2.38. The zero-order valence-electron chi connectivity index (χ0n) is 10.7. The van der Waals surface area contributed by atoms with Crippen LogP contribution in [0.1, 0.15) is 5.69 Å². The molecule has 7 nitrogen and oxygen atoms in total. The summed E-state index contributed by atoms with van der Waals surface area (Å²) in [5.41, 5.74) is 0.502. The third kappa shape index (κ3) is 3.12. The van der Waals surface area contributed by atoms with E-state index in [1.807, 2.05) is 0 Å². The fourth-order valence-electron chi connectivity index (χ4n) is 1.53. The summed E-state index contributed by atoms with van der Waals surface area (Å²) in [4.78, 5) is 18.0. The predicted molar refractivity (Wildman–Crippen MR) is 71.5 cm³/mol. The van der Waals surface area contributed by atoms with Crippen LogP contribution in [0.2, 0.25) is 5.28 Å². The largest absolute Gasteiger partial charge is 0.493 e. The molecule has 0 radical (unpaired) electrons. The van der Waals surface area contributed by atoms with Gasteiger partial charge in [0.15, 0.2) is 11.5 Å². The number of ether oxygens (including phenoxy) is 2. The lowest BCUT2D eigenvalue weighted by Crippen LogP contribution is -1.96. The number of benzene rings is 1. The number of rotatable bonds is 4. The van der Waals surface area contributed by atoms with Crippen LogP contribution in [0.15, 0.2) is 24.3 Å². The van der Waals surface area contributed by atoms with Crippen molar-refractivity contribution in [2.45, 2.75) is 6.92 Å². The number of hydrogen-bond donors (Lipinski definition) is 0. The molecule has 0 saturated heterocycles. The van der Waals surface area contributed by atoms with Crippen molar-refractivity contribution < 1.29 is 14.4 Å². The van der Waals surface area contributed by atoms with Crippen molar-refractivity contribution in [1.29, 1.82) is 0 Å². The highest BCUT2D eigenvalue weighted by Crippen LogP contribution is 2.34. The fourth-order valence-corrected chi connectivity index (χ4v) is 1.74. The summed E-state index contributed by atoms with van der Waals surface area (Å²) in [6, 6.07) is 5.58. The monoisotopic (exact) mass is 295 g/mol. The van der Waals surface area contributed by atoms with Crippen LogP contribution in [0.4, 0.5) is 5.69 Å². The summed E-state index contributed by atoms with van der Waals surface area (Å²) in [6.45, 7) is 1.73. The van der Waals surface area contributed by atoms with Crippen LogP contribution in [0, 0.1) is 17.0 Å². The van der Waals surface area contributed by atoms with Gasteiger partial charge in [-0.1, -0.05) is 0 Å². The minimum Gasteiger partial charge on any atom is -0.493 e. The third-order valence-corrected chi connectivity index (χ3v) is 2.55. The molecule has 0 saturated carbocycles. The van der Waals surface area contributed by atoms with Gasteiger partial charge < -0.3 is 9.47 Å². The lowest BCUT2D eigenvalue weighted by molar-refractivity contribution is -0.384. The van der Waals surface area contributed by atoms with Gasteiger partial charge in [0.2, 0.25) is 11.2 Å². The molecule has 0 unspecified atom stereocenters. The van der Waals surface area contributed by atoms with Gasteiger partial charge in [-0.05, 0) is 24.6 Å². The van der Waals surface area contributed by atoms with E-state index < -0.39 is 4.92 Å². The van der Waals surface area contributed by atoms with E-state index in [1.165, 1.54) is 25.3 Å². The average molecular weight is 296 g/mol. The molecule has 2 aromatic rings. The Morgan fingerprint density at radius 1 is 1.25 bits per heavy atom. The molecule has 0 atom stereocenters. The van der Waals surface area contributed by atoms with E-state index in [4.69, 9.17) is 21.1 Å². The van der Waals surface area contributed by atoms with Crippen LogP contribution >= 0.6 is 11.6 Å². The normalized spacial score (nSPS) is 10.2. The highest BCUT2D eigenvalue weighted by molar-refractivity contribution is 6.28. The summed E-state index contributed by atoms with van der Waals surface area (Å²) >= 11 is 5.73. The van der Waals surface area contributed by atoms with Crippen molar-refractivity contribution in [3.05, 3.63) is 45.4 Å². The molecule has 0 N–H and O–H groups in total. The second-order valence-electron chi connectivity index (χ2n) is 3.81. The molecule has 0 spiro atoms. The molecule has 0 bridgehead atoms. The maximum Gasteiger partial charge on any atom is 0.273 e. The van der Waals surface area contributed by atoms with E-state index in [9.17, 15) is 10.1 Å². The van der Waals surface area contributed by atoms with Crippen LogP contribution < -0.4 is 9.47 Å². The number of non-ortho nitro benzene ring substituents is 1. The van der Waals surface area contributed by atoms with Gasteiger partial charge in [-0.15, -0.1) is 0 Å². The van der Waals surface area contributed by atoms with E-state index in [-0.39, 0.29) is 22.6 Å². The maximum absolute atomic E-state index is 10.8. The SMILES string of the molecule is COc1ccc([N+](=O)[O-])cc1Oc1cc(C)nc(Cl)n1. The van der Waals surface area contributed by atoms with Gasteiger partial charge in [0.25, 0.3) is 5.69 Å². The highest BCUT2D eigenvalue weighted by atomic mass is 35.5. The minimum absolute atomic E-state index is 0.0318. The quantitative estimate of drug-likeness (QED) is 0.489. The Bertz CT molecular complexity index is 643. The van der Waals surface area contributed by atoms with Crippen molar-refractivity contribution in [2.24, 2.45) is 0 Å². The molecule has 0 aliphatic rings. The number of nitro groups is 1. The molecule has 0 aliphatic carbocycles. The summed E-state index contributed by atoms with van der Waals surface area (Å²) in [6.07, 6.45) is 0. The van der Waals surface area contributed by atoms with Crippen molar-refractivity contribution >= 4 is 17.3 Å². The van der Waals surface area contributed by atoms with E-state index in [2.05, 4.69) is 9.97 Å². The smallest absolute Gasteiger partial charge is 0.273 e. The Balaban J connectivity index is 2.40. The van der Waals surface area contributed by atoms with Crippen molar-refractivity contribution in [2.75, 3.05) is 7.11 Å². The van der Waals surface area contributed by atoms with Crippen LogP contribution in [-0.4, -0.2) is 22.0 Å². The van der Waals surface area contributed by atoms with Gasteiger partial charge in [-0.25, -0.2) is 4.98 Å². The first kappa shape index (κ1) is 14.0. The Labute approximate surface area is 119 Å². The molecule has 0 aliphatic heterocycles. The Morgan fingerprint density at radius 2 is 2.00 bits per heavy atom. The molecule has 0 fully saturated rings. The second-order valence-corrected chi connectivity index (χ2v) is 4.15. The first-order chi connectivity index (χ1) is 9.49. The maximum atomic E-state index is 10.8. The van der Waals surface area contributed by atoms with Gasteiger partial charge in [-0.2, -0.15) is 4.98 Å². The molecular weight excluding hydrogens is 286 g/mol. The van der Waals surface area contributed by atoms with E-state index >= 15 is 0 Å². The molecule has 0 amide bonds. The van der Waals surface area contributed by atoms with Gasteiger partial charge in [0.05, 0.1) is 18.1 Å². The van der Waals surface area contributed by atoms with Gasteiger partial charge in [-0.3, -0.25) is 10.1 Å². The van der Waals surface area contributed by atoms with Crippen molar-refractivity contribution in [1.82, 2.24) is 9.97 Å². The van der Waals surface area contributed by atoms with Crippen molar-refractivity contribution in [3.8, 4) is 17.4 Å². The Morgan fingerprint density at radius 3 is 2.60 bits per heavy atom. The first-order valence-corrected chi connectivity index (χ1v) is 5.89. The Kier molecular flexibility index (Phi) is 3.99. The van der Waals surface area contributed by atoms with Crippen molar-refractivity contribution in [3.63, 3.8) is 0 Å². The molecule has 1 aromatic carbocycles. The van der Waals surface area contributed by atoms with Crippen LogP contribution in [0.5, 0.6) is 17.4 Å². The first-order valence-electron chi connectivity index (χ1n) is 5.51. The van der Waals surface area contributed by atoms with Crippen LogP contribution in [0.25, 0.3) is 0 Å². The summed E-state index contributed by atoms with van der Waals surface area (Å²) in [7, 11) is 1.44. The number of aromatic nitrogens is 2. The molecule has 1 aromatic heterocycles. The number of nitro benzene ring substituents is 1. The lowest BCUT2D eigenvalue weighted by atomic mass is 10.3. The van der Waals surface area contributed by atoms with Gasteiger partial charge in [0, 0.05) is 17.8 Å². The van der Waals surface area contributed by atoms with Gasteiger partial charge in [0.1, 0.15) is 0 Å². The molecule has 1 heterocycles. The summed E-state index contributed by atoms with van der Waals surface area (Å²) in [5, 5.41) is 10.8. The predicted octanol–water partition coefficient (Wildman–Crippen LogP) is 3.15. The molecular formula is C12H10ClN3O4. The fraction of sp³-hybridized carbons (Fsp3) is 0.167. The number of methoxy groups -OCH3 is 1. The second kappa shape index (κ2) is 5.70. The minimum atomic E-state index is -0.523.